The molecule has 1 unspecified atom stereocenters. The molecule has 0 bridgehead atoms. The van der Waals surface area contributed by atoms with E-state index in [0.29, 0.717) is 17.0 Å². The summed E-state index contributed by atoms with van der Waals surface area (Å²) < 4.78 is 13.5. The summed E-state index contributed by atoms with van der Waals surface area (Å²) >= 11 is 12.3. The van der Waals surface area contributed by atoms with E-state index in [0.717, 1.165) is 62.8 Å². The van der Waals surface area contributed by atoms with Gasteiger partial charge in [-0.1, -0.05) is 29.3 Å². The van der Waals surface area contributed by atoms with Crippen LogP contribution in [0.3, 0.4) is 0 Å². The zero-order chi connectivity index (χ0) is 24.1. The number of hydrogen-bond acceptors (Lipinski definition) is 4. The van der Waals surface area contributed by atoms with Crippen molar-refractivity contribution in [1.82, 2.24) is 14.8 Å². The second-order valence-corrected chi connectivity index (χ2v) is 9.27. The molecule has 0 radical (unpaired) electrons. The average Bonchev–Trinajstić information content (AvgIpc) is 3.28. The van der Waals surface area contributed by atoms with Crippen molar-refractivity contribution in [2.45, 2.75) is 32.7 Å². The number of rotatable bonds is 4. The predicted molar refractivity (Wildman–Crippen MR) is 139 cm³/mol. The fourth-order valence-corrected chi connectivity index (χ4v) is 4.73. The minimum atomic E-state index is -0.441. The van der Waals surface area contributed by atoms with Crippen molar-refractivity contribution in [3.05, 3.63) is 69.9 Å². The number of nitrogens with zero attached hydrogens (tertiary/aromatic N) is 6. The number of aliphatic imine (C=N–C) groups is 2. The first-order chi connectivity index (χ1) is 16.5. The van der Waals surface area contributed by atoms with Crippen molar-refractivity contribution >= 4 is 41.2 Å². The Kier molecular flexibility index (Phi) is 8.06. The number of piperazine rings is 1. The van der Waals surface area contributed by atoms with Crippen molar-refractivity contribution in [2.75, 3.05) is 37.6 Å². The van der Waals surface area contributed by atoms with Crippen LogP contribution in [-0.4, -0.2) is 65.7 Å². The van der Waals surface area contributed by atoms with Crippen molar-refractivity contribution in [3.8, 4) is 0 Å². The van der Waals surface area contributed by atoms with Gasteiger partial charge < -0.3 is 14.7 Å². The van der Waals surface area contributed by atoms with E-state index in [1.165, 1.54) is 6.07 Å². The van der Waals surface area contributed by atoms with E-state index >= 15 is 0 Å². The summed E-state index contributed by atoms with van der Waals surface area (Å²) in [6.45, 7) is 8.30. The first kappa shape index (κ1) is 24.5. The van der Waals surface area contributed by atoms with Gasteiger partial charge in [0.2, 0.25) is 5.96 Å². The Morgan fingerprint density at radius 2 is 1.91 bits per heavy atom. The Labute approximate surface area is 210 Å². The molecule has 34 heavy (non-hydrogen) atoms. The molecule has 180 valence electrons. The SMILES string of the molecule is C\C=C(/N=C(\N=C\c1ccc(F)c(Cl)c1)N1CCCC1C)N1CCN(c2ncccc2Cl)CC1. The van der Waals surface area contributed by atoms with Crippen molar-refractivity contribution in [1.29, 1.82) is 0 Å². The summed E-state index contributed by atoms with van der Waals surface area (Å²) in [5.74, 6) is 1.93. The zero-order valence-corrected chi connectivity index (χ0v) is 21.0. The molecule has 0 aliphatic carbocycles. The molecule has 3 heterocycles. The molecule has 2 fully saturated rings. The van der Waals surface area contributed by atoms with E-state index in [-0.39, 0.29) is 5.02 Å². The maximum absolute atomic E-state index is 13.5. The van der Waals surface area contributed by atoms with Crippen LogP contribution in [0.5, 0.6) is 0 Å². The lowest BCUT2D eigenvalue weighted by molar-refractivity contribution is 0.315. The van der Waals surface area contributed by atoms with E-state index in [1.54, 1.807) is 24.5 Å². The number of halogens is 3. The second-order valence-electron chi connectivity index (χ2n) is 8.46. The van der Waals surface area contributed by atoms with Gasteiger partial charge in [0.05, 0.1) is 10.0 Å². The topological polar surface area (TPSA) is 47.3 Å². The normalized spacial score (nSPS) is 20.0. The molecule has 0 saturated carbocycles. The number of likely N-dealkylation sites (tertiary alicyclic amines) is 1. The molecule has 4 rings (SSSR count). The predicted octanol–water partition coefficient (Wildman–Crippen LogP) is 5.47. The van der Waals surface area contributed by atoms with E-state index in [1.807, 2.05) is 25.1 Å². The standard InChI is InChI=1S/C25H29Cl2FN6/c1-3-23(32-12-14-33(15-13-32)24-20(26)7-4-10-29-24)31-25(34-11-5-6-18(34)2)30-17-19-8-9-22(28)21(27)16-19/h3-4,7-10,16-18H,5-6,11-15H2,1-2H3/b23-3+,30-17+,31-25+. The Hall–Kier alpha value is -2.64. The number of allylic oxidation sites excluding steroid dienone is 1. The lowest BCUT2D eigenvalue weighted by Gasteiger charge is -2.37. The molecule has 6 nitrogen and oxygen atoms in total. The summed E-state index contributed by atoms with van der Waals surface area (Å²) in [7, 11) is 0. The highest BCUT2D eigenvalue weighted by molar-refractivity contribution is 6.33. The first-order valence-electron chi connectivity index (χ1n) is 11.6. The van der Waals surface area contributed by atoms with Crippen LogP contribution in [0.4, 0.5) is 10.2 Å². The minimum Gasteiger partial charge on any atom is -0.353 e. The number of pyridine rings is 1. The minimum absolute atomic E-state index is 0.0806. The Morgan fingerprint density at radius 1 is 1.12 bits per heavy atom. The van der Waals surface area contributed by atoms with Gasteiger partial charge >= 0.3 is 0 Å². The zero-order valence-electron chi connectivity index (χ0n) is 19.5. The molecule has 1 aromatic heterocycles. The van der Waals surface area contributed by atoms with Gasteiger partial charge in [-0.25, -0.2) is 14.4 Å². The molecule has 2 saturated heterocycles. The second kappa shape index (κ2) is 11.2. The fraction of sp³-hybridized carbons (Fsp3) is 0.400. The van der Waals surface area contributed by atoms with Gasteiger partial charge in [-0.15, -0.1) is 0 Å². The fourth-order valence-electron chi connectivity index (χ4n) is 4.30. The van der Waals surface area contributed by atoms with E-state index in [9.17, 15) is 4.39 Å². The molecular formula is C25H29Cl2FN6. The molecule has 0 N–H and O–H groups in total. The van der Waals surface area contributed by atoms with Crippen LogP contribution in [0.1, 0.15) is 32.3 Å². The number of benzene rings is 1. The summed E-state index contributed by atoms with van der Waals surface area (Å²) in [6, 6.07) is 8.65. The van der Waals surface area contributed by atoms with Gasteiger partial charge in [0.25, 0.3) is 0 Å². The number of anilines is 1. The maximum Gasteiger partial charge on any atom is 0.227 e. The monoisotopic (exact) mass is 502 g/mol. The average molecular weight is 503 g/mol. The molecule has 2 aliphatic rings. The van der Waals surface area contributed by atoms with Crippen molar-refractivity contribution < 1.29 is 4.39 Å². The van der Waals surface area contributed by atoms with Crippen LogP contribution in [-0.2, 0) is 0 Å². The largest absolute Gasteiger partial charge is 0.353 e. The van der Waals surface area contributed by atoms with Crippen LogP contribution in [0.15, 0.2) is 58.4 Å². The molecule has 1 atom stereocenters. The van der Waals surface area contributed by atoms with Gasteiger partial charge in [-0.3, -0.25) is 0 Å². The molecule has 9 heteroatoms. The molecule has 1 aromatic carbocycles. The van der Waals surface area contributed by atoms with Gasteiger partial charge in [-0.05, 0) is 62.6 Å². The molecular weight excluding hydrogens is 474 g/mol. The summed E-state index contributed by atoms with van der Waals surface area (Å²) in [6.07, 6.45) is 7.70. The highest BCUT2D eigenvalue weighted by Crippen LogP contribution is 2.25. The van der Waals surface area contributed by atoms with Crippen LogP contribution >= 0.6 is 23.2 Å². The van der Waals surface area contributed by atoms with E-state index in [2.05, 4.69) is 26.6 Å². The van der Waals surface area contributed by atoms with Crippen LogP contribution in [0.2, 0.25) is 10.0 Å². The van der Waals surface area contributed by atoms with Crippen LogP contribution in [0, 0.1) is 5.82 Å². The first-order valence-corrected chi connectivity index (χ1v) is 12.3. The third kappa shape index (κ3) is 5.70. The third-order valence-electron chi connectivity index (χ3n) is 6.20. The maximum atomic E-state index is 13.5. The third-order valence-corrected chi connectivity index (χ3v) is 6.78. The Balaban J connectivity index is 1.53. The lowest BCUT2D eigenvalue weighted by atomic mass is 10.2. The van der Waals surface area contributed by atoms with Gasteiger partial charge in [0.1, 0.15) is 17.5 Å². The Bertz CT molecular complexity index is 1090. The summed E-state index contributed by atoms with van der Waals surface area (Å²) in [5, 5.41) is 0.748. The van der Waals surface area contributed by atoms with E-state index < -0.39 is 5.82 Å². The van der Waals surface area contributed by atoms with E-state index in [4.69, 9.17) is 33.2 Å². The summed E-state index contributed by atoms with van der Waals surface area (Å²) in [5.41, 5.74) is 0.730. The van der Waals surface area contributed by atoms with Crippen LogP contribution in [0.25, 0.3) is 0 Å². The number of guanidine groups is 1. The quantitative estimate of drug-likeness (QED) is 0.410. The highest BCUT2D eigenvalue weighted by atomic mass is 35.5. The highest BCUT2D eigenvalue weighted by Gasteiger charge is 2.25. The van der Waals surface area contributed by atoms with Gasteiger partial charge in [0, 0.05) is 51.2 Å². The molecule has 2 aliphatic heterocycles. The number of hydrogen-bond donors (Lipinski definition) is 0. The molecule has 0 spiro atoms. The van der Waals surface area contributed by atoms with Gasteiger partial charge in [0.15, 0.2) is 0 Å². The molecule has 2 aromatic rings. The smallest absolute Gasteiger partial charge is 0.227 e. The lowest BCUT2D eigenvalue weighted by Crippen LogP contribution is -2.46. The summed E-state index contributed by atoms with van der Waals surface area (Å²) in [4.78, 5) is 20.8. The van der Waals surface area contributed by atoms with Gasteiger partial charge in [-0.2, -0.15) is 4.99 Å². The number of aromatic nitrogens is 1. The Morgan fingerprint density at radius 3 is 2.56 bits per heavy atom. The molecule has 0 amide bonds. The van der Waals surface area contributed by atoms with Crippen LogP contribution < -0.4 is 4.90 Å². The van der Waals surface area contributed by atoms with Crippen molar-refractivity contribution in [2.24, 2.45) is 9.98 Å². The van der Waals surface area contributed by atoms with Crippen molar-refractivity contribution in [3.63, 3.8) is 0 Å².